The number of carbonyl (C=O) groups is 1. The number of benzene rings is 2. The lowest BCUT2D eigenvalue weighted by molar-refractivity contribution is -0.181. The van der Waals surface area contributed by atoms with Gasteiger partial charge in [-0.3, -0.25) is 9.69 Å². The van der Waals surface area contributed by atoms with Crippen LogP contribution in [0, 0.1) is 11.7 Å². The fourth-order valence-electron chi connectivity index (χ4n) is 5.81. The number of carboxylic acids is 1. The van der Waals surface area contributed by atoms with E-state index in [1.165, 1.54) is 31.9 Å². The highest BCUT2D eigenvalue weighted by molar-refractivity contribution is 5.84. The first-order chi connectivity index (χ1) is 18.3. The van der Waals surface area contributed by atoms with E-state index < -0.39 is 12.4 Å². The molecule has 0 amide bonds. The molecule has 38 heavy (non-hydrogen) atoms. The number of nitrogens with zero attached hydrogens (tertiary/aromatic N) is 4. The summed E-state index contributed by atoms with van der Waals surface area (Å²) in [7, 11) is 3.01. The Labute approximate surface area is 221 Å². The number of anilines is 1. The Morgan fingerprint density at radius 1 is 1.18 bits per heavy atom. The van der Waals surface area contributed by atoms with Gasteiger partial charge in [0.15, 0.2) is 0 Å². The Kier molecular flexibility index (Phi) is 7.56. The molecule has 0 bridgehead atoms. The fourth-order valence-corrected chi connectivity index (χ4v) is 5.81. The van der Waals surface area contributed by atoms with E-state index in [0.29, 0.717) is 51.2 Å². The average Bonchev–Trinajstić information content (AvgIpc) is 3.32. The molecule has 1 aromatic heterocycles. The van der Waals surface area contributed by atoms with E-state index in [9.17, 15) is 19.4 Å². The number of aliphatic hydroxyl groups excluding tert-OH is 1. The molecule has 10 heteroatoms. The number of aromatic nitrogens is 2. The van der Waals surface area contributed by atoms with Gasteiger partial charge in [0.1, 0.15) is 11.6 Å². The normalized spacial score (nSPS) is 18.4. The highest BCUT2D eigenvalue weighted by Crippen LogP contribution is 2.36. The van der Waals surface area contributed by atoms with Crippen molar-refractivity contribution in [3.05, 3.63) is 52.8 Å². The lowest BCUT2D eigenvalue weighted by Crippen LogP contribution is -2.40. The van der Waals surface area contributed by atoms with Gasteiger partial charge in [-0.2, -0.15) is 0 Å². The number of methoxy groups -OCH3 is 2. The first-order valence-corrected chi connectivity index (χ1v) is 13.1. The molecule has 0 spiro atoms. The largest absolute Gasteiger partial charge is 0.497 e. The maximum Gasteiger partial charge on any atom is 0.306 e. The van der Waals surface area contributed by atoms with Crippen molar-refractivity contribution >= 4 is 23.0 Å². The van der Waals surface area contributed by atoms with Gasteiger partial charge in [-0.05, 0) is 67.5 Å². The zero-order chi connectivity index (χ0) is 27.0. The van der Waals surface area contributed by atoms with Gasteiger partial charge < -0.3 is 29.2 Å². The predicted octanol–water partition coefficient (Wildman–Crippen LogP) is 3.57. The molecule has 3 heterocycles. The number of hydrogen-bond donors (Lipinski definition) is 2. The van der Waals surface area contributed by atoms with Crippen molar-refractivity contribution in [1.29, 1.82) is 0 Å². The molecular weight excluding hydrogens is 491 g/mol. The van der Waals surface area contributed by atoms with Gasteiger partial charge in [0.25, 0.3) is 0 Å². The van der Waals surface area contributed by atoms with Crippen LogP contribution in [0.15, 0.2) is 30.3 Å². The molecule has 0 aliphatic carbocycles. The van der Waals surface area contributed by atoms with Gasteiger partial charge in [0, 0.05) is 45.4 Å². The summed E-state index contributed by atoms with van der Waals surface area (Å²) in [6.07, 6.45) is 1.46. The van der Waals surface area contributed by atoms with Gasteiger partial charge >= 0.3 is 5.97 Å². The summed E-state index contributed by atoms with van der Waals surface area (Å²) in [5.41, 5.74) is 4.91. The molecule has 1 unspecified atom stereocenters. The van der Waals surface area contributed by atoms with E-state index in [-0.39, 0.29) is 17.8 Å². The average molecular weight is 527 g/mol. The third-order valence-corrected chi connectivity index (χ3v) is 7.86. The number of halogens is 1. The minimum atomic E-state index is -0.989. The number of hydrogen-bond acceptors (Lipinski definition) is 7. The number of aliphatic hydroxyl groups is 1. The second-order valence-corrected chi connectivity index (χ2v) is 10.3. The molecule has 2 aliphatic rings. The molecular formula is C28H35FN4O5. The number of piperidine rings is 1. The van der Waals surface area contributed by atoms with Crippen LogP contribution >= 0.6 is 0 Å². The number of imidazole rings is 1. The molecule has 2 atom stereocenters. The van der Waals surface area contributed by atoms with Gasteiger partial charge in [0.2, 0.25) is 12.4 Å². The number of ether oxygens (including phenoxy) is 2. The van der Waals surface area contributed by atoms with Crippen molar-refractivity contribution in [2.75, 3.05) is 38.8 Å². The summed E-state index contributed by atoms with van der Waals surface area (Å²) in [6, 6.07) is 8.90. The lowest BCUT2D eigenvalue weighted by atomic mass is 9.97. The molecule has 1 fully saturated rings. The van der Waals surface area contributed by atoms with Gasteiger partial charge in [-0.25, -0.2) is 9.37 Å². The van der Waals surface area contributed by atoms with E-state index in [2.05, 4.69) is 28.5 Å². The topological polar surface area (TPSA) is 100 Å². The molecule has 0 radical (unpaired) electrons. The summed E-state index contributed by atoms with van der Waals surface area (Å²) < 4.78 is 26.9. The minimum Gasteiger partial charge on any atom is -0.497 e. The second kappa shape index (κ2) is 10.9. The molecule has 2 aliphatic heterocycles. The predicted molar refractivity (Wildman–Crippen MR) is 141 cm³/mol. The molecule has 5 rings (SSSR count). The lowest BCUT2D eigenvalue weighted by Gasteiger charge is -2.32. The SMILES string of the molecule is COc1cc(F)cc(C[C@H](C)n2c(N3CCC(C(=O)O)CC3)nc3c4c(ccc32)CCN(C(O)OC)C4)c1. The van der Waals surface area contributed by atoms with E-state index in [1.54, 1.807) is 0 Å². The van der Waals surface area contributed by atoms with Gasteiger partial charge in [-0.1, -0.05) is 6.07 Å². The Balaban J connectivity index is 1.56. The third-order valence-electron chi connectivity index (χ3n) is 7.86. The van der Waals surface area contributed by atoms with Crippen LogP contribution in [0.4, 0.5) is 10.3 Å². The Hall–Kier alpha value is -3.21. The standard InChI is InChI=1S/C28H35FN4O5/c1-17(12-18-13-21(29)15-22(14-18)37-2)33-24-5-4-19-6-11-32(28(36)38-3)16-23(19)25(24)30-27(33)31-9-7-20(8-10-31)26(34)35/h4-5,13-15,17,20,28,36H,6-12,16H2,1-3H3,(H,34,35)/t17-,28?/m0/s1. The van der Waals surface area contributed by atoms with Crippen molar-refractivity contribution in [2.45, 2.75) is 51.6 Å². The maximum atomic E-state index is 14.3. The highest BCUT2D eigenvalue weighted by Gasteiger charge is 2.31. The number of fused-ring (bicyclic) bond motifs is 3. The second-order valence-electron chi connectivity index (χ2n) is 10.3. The van der Waals surface area contributed by atoms with Crippen LogP contribution in [0.1, 0.15) is 42.5 Å². The number of rotatable bonds is 8. The van der Waals surface area contributed by atoms with Crippen LogP contribution in [0.5, 0.6) is 5.75 Å². The molecule has 0 saturated carbocycles. The van der Waals surface area contributed by atoms with Crippen molar-refractivity contribution in [3.8, 4) is 5.75 Å². The zero-order valence-electron chi connectivity index (χ0n) is 22.1. The number of carboxylic acid groups (broad SMARTS) is 1. The first kappa shape index (κ1) is 26.4. The van der Waals surface area contributed by atoms with Crippen LogP contribution in [-0.2, 0) is 28.9 Å². The Bertz CT molecular complexity index is 1320. The molecule has 204 valence electrons. The number of aliphatic carboxylic acids is 1. The fraction of sp³-hybridized carbons (Fsp3) is 0.500. The van der Waals surface area contributed by atoms with E-state index in [1.807, 2.05) is 11.0 Å². The zero-order valence-corrected chi connectivity index (χ0v) is 22.1. The quantitative estimate of drug-likeness (QED) is 0.430. The highest BCUT2D eigenvalue weighted by atomic mass is 19.1. The van der Waals surface area contributed by atoms with Crippen molar-refractivity contribution in [3.63, 3.8) is 0 Å². The summed E-state index contributed by atoms with van der Waals surface area (Å²) in [5.74, 6) is -0.179. The van der Waals surface area contributed by atoms with Crippen LogP contribution in [0.3, 0.4) is 0 Å². The van der Waals surface area contributed by atoms with Crippen molar-refractivity contribution in [1.82, 2.24) is 14.5 Å². The van der Waals surface area contributed by atoms with Crippen LogP contribution in [-0.4, -0.2) is 70.9 Å². The molecule has 1 saturated heterocycles. The third kappa shape index (κ3) is 5.08. The molecule has 2 N–H and O–H groups in total. The Morgan fingerprint density at radius 3 is 2.63 bits per heavy atom. The van der Waals surface area contributed by atoms with Crippen molar-refractivity contribution in [2.24, 2.45) is 5.92 Å². The molecule has 9 nitrogen and oxygen atoms in total. The molecule has 3 aromatic rings. The first-order valence-electron chi connectivity index (χ1n) is 13.1. The summed E-state index contributed by atoms with van der Waals surface area (Å²) in [6.45, 7) is 4.47. The summed E-state index contributed by atoms with van der Waals surface area (Å²) in [4.78, 5) is 20.7. The van der Waals surface area contributed by atoms with E-state index in [4.69, 9.17) is 14.5 Å². The van der Waals surface area contributed by atoms with E-state index >= 15 is 0 Å². The summed E-state index contributed by atoms with van der Waals surface area (Å²) >= 11 is 0. The maximum absolute atomic E-state index is 14.3. The Morgan fingerprint density at radius 2 is 1.95 bits per heavy atom. The monoisotopic (exact) mass is 526 g/mol. The summed E-state index contributed by atoms with van der Waals surface area (Å²) in [5, 5.41) is 19.8. The van der Waals surface area contributed by atoms with Crippen LogP contribution in [0.2, 0.25) is 0 Å². The van der Waals surface area contributed by atoms with Crippen molar-refractivity contribution < 1.29 is 28.9 Å². The van der Waals surface area contributed by atoms with E-state index in [0.717, 1.165) is 34.5 Å². The van der Waals surface area contributed by atoms with Crippen LogP contribution < -0.4 is 9.64 Å². The molecule has 2 aromatic carbocycles. The smallest absolute Gasteiger partial charge is 0.306 e. The minimum absolute atomic E-state index is 0.0685. The van der Waals surface area contributed by atoms with Crippen LogP contribution in [0.25, 0.3) is 11.0 Å². The van der Waals surface area contributed by atoms with Gasteiger partial charge in [0.05, 0.1) is 24.1 Å². The van der Waals surface area contributed by atoms with Gasteiger partial charge in [-0.15, -0.1) is 0 Å².